The summed E-state index contributed by atoms with van der Waals surface area (Å²) >= 11 is 3.39. The van der Waals surface area contributed by atoms with Crippen molar-refractivity contribution in [3.63, 3.8) is 0 Å². The van der Waals surface area contributed by atoms with Gasteiger partial charge < -0.3 is 0 Å². The van der Waals surface area contributed by atoms with Crippen molar-refractivity contribution < 1.29 is 4.39 Å². The normalized spacial score (nSPS) is 10.3. The van der Waals surface area contributed by atoms with Crippen LogP contribution in [0.3, 0.4) is 0 Å². The van der Waals surface area contributed by atoms with Crippen LogP contribution in [0.2, 0.25) is 0 Å². The van der Waals surface area contributed by atoms with Gasteiger partial charge in [0.15, 0.2) is 0 Å². The van der Waals surface area contributed by atoms with Gasteiger partial charge in [-0.1, -0.05) is 40.2 Å². The molecule has 0 N–H and O–H groups in total. The molecule has 0 saturated carbocycles. The quantitative estimate of drug-likeness (QED) is 0.764. The number of halogens is 2. The van der Waals surface area contributed by atoms with Crippen LogP contribution in [0.25, 0.3) is 0 Å². The maximum absolute atomic E-state index is 12.7. The zero-order valence-corrected chi connectivity index (χ0v) is 9.67. The molecule has 2 aromatic carbocycles. The summed E-state index contributed by atoms with van der Waals surface area (Å²) in [6.45, 7) is 0. The highest BCUT2D eigenvalue weighted by molar-refractivity contribution is 9.10. The number of benzene rings is 2. The summed E-state index contributed by atoms with van der Waals surface area (Å²) in [6, 6.07) is 14.8. The van der Waals surface area contributed by atoms with Crippen molar-refractivity contribution >= 4 is 15.9 Å². The first kappa shape index (κ1) is 10.4. The summed E-state index contributed by atoms with van der Waals surface area (Å²) in [7, 11) is 0. The molecular formula is C13H10BrF. The van der Waals surface area contributed by atoms with Crippen LogP contribution in [0.1, 0.15) is 11.1 Å². The number of rotatable bonds is 2. The van der Waals surface area contributed by atoms with Crippen LogP contribution in [0, 0.1) is 5.82 Å². The summed E-state index contributed by atoms with van der Waals surface area (Å²) in [6.07, 6.45) is 0.841. The van der Waals surface area contributed by atoms with E-state index in [2.05, 4.69) is 28.1 Å². The first-order valence-corrected chi connectivity index (χ1v) is 5.52. The van der Waals surface area contributed by atoms with E-state index in [-0.39, 0.29) is 5.82 Å². The van der Waals surface area contributed by atoms with Gasteiger partial charge in [-0.05, 0) is 41.8 Å². The first-order chi connectivity index (χ1) is 7.24. The largest absolute Gasteiger partial charge is 0.207 e. The number of hydrogen-bond donors (Lipinski definition) is 0. The predicted molar refractivity (Wildman–Crippen MR) is 63.3 cm³/mol. The number of hydrogen-bond acceptors (Lipinski definition) is 0. The monoisotopic (exact) mass is 264 g/mol. The topological polar surface area (TPSA) is 0 Å². The van der Waals surface area contributed by atoms with Crippen LogP contribution in [-0.2, 0) is 6.42 Å². The summed E-state index contributed by atoms with van der Waals surface area (Å²) in [5, 5.41) is 0. The molecule has 15 heavy (non-hydrogen) atoms. The zero-order chi connectivity index (χ0) is 10.7. The maximum Gasteiger partial charge on any atom is 0.123 e. The second-order valence-corrected chi connectivity index (χ2v) is 4.35. The first-order valence-electron chi connectivity index (χ1n) is 4.73. The second-order valence-electron chi connectivity index (χ2n) is 3.43. The standard InChI is InChI=1S/C13H10BrF/c14-12-5-1-10(2-6-12)9-11-3-7-13(15)8-4-11/h1-8H,9H2. The molecule has 0 saturated heterocycles. The molecule has 0 aliphatic rings. The highest BCUT2D eigenvalue weighted by Crippen LogP contribution is 2.14. The van der Waals surface area contributed by atoms with E-state index in [1.54, 1.807) is 0 Å². The third-order valence-corrected chi connectivity index (χ3v) is 2.76. The molecule has 0 radical (unpaired) electrons. The lowest BCUT2D eigenvalue weighted by Crippen LogP contribution is -1.87. The molecule has 76 valence electrons. The minimum absolute atomic E-state index is 0.186. The smallest absolute Gasteiger partial charge is 0.123 e. The lowest BCUT2D eigenvalue weighted by molar-refractivity contribution is 0.627. The van der Waals surface area contributed by atoms with E-state index in [9.17, 15) is 4.39 Å². The fourth-order valence-electron chi connectivity index (χ4n) is 1.44. The zero-order valence-electron chi connectivity index (χ0n) is 8.08. The SMILES string of the molecule is Fc1ccc(Cc2ccc(Br)cc2)cc1. The summed E-state index contributed by atoms with van der Waals surface area (Å²) in [5.74, 6) is -0.186. The molecule has 0 spiro atoms. The Hall–Kier alpha value is -1.15. The molecular weight excluding hydrogens is 255 g/mol. The molecule has 0 nitrogen and oxygen atoms in total. The van der Waals surface area contributed by atoms with Gasteiger partial charge in [0.05, 0.1) is 0 Å². The molecule has 0 unspecified atom stereocenters. The van der Waals surface area contributed by atoms with Crippen molar-refractivity contribution in [1.82, 2.24) is 0 Å². The summed E-state index contributed by atoms with van der Waals surface area (Å²) in [5.41, 5.74) is 2.35. The van der Waals surface area contributed by atoms with Gasteiger partial charge in [0.1, 0.15) is 5.82 Å². The maximum atomic E-state index is 12.7. The van der Waals surface area contributed by atoms with Gasteiger partial charge in [-0.3, -0.25) is 0 Å². The van der Waals surface area contributed by atoms with E-state index in [1.807, 2.05) is 24.3 Å². The minimum Gasteiger partial charge on any atom is -0.207 e. The predicted octanol–water partition coefficient (Wildman–Crippen LogP) is 4.18. The Morgan fingerprint density at radius 2 is 1.27 bits per heavy atom. The van der Waals surface area contributed by atoms with E-state index in [1.165, 1.54) is 17.7 Å². The van der Waals surface area contributed by atoms with Gasteiger partial charge in [-0.15, -0.1) is 0 Å². The van der Waals surface area contributed by atoms with Crippen LogP contribution >= 0.6 is 15.9 Å². The van der Waals surface area contributed by atoms with E-state index in [0.29, 0.717) is 0 Å². The Kier molecular flexibility index (Phi) is 3.17. The van der Waals surface area contributed by atoms with Gasteiger partial charge in [0.25, 0.3) is 0 Å². The fourth-order valence-corrected chi connectivity index (χ4v) is 1.70. The molecule has 0 aromatic heterocycles. The van der Waals surface area contributed by atoms with E-state index in [0.717, 1.165) is 16.5 Å². The Labute approximate surface area is 96.9 Å². The highest BCUT2D eigenvalue weighted by Gasteiger charge is 1.96. The lowest BCUT2D eigenvalue weighted by Gasteiger charge is -2.01. The molecule has 0 fully saturated rings. The van der Waals surface area contributed by atoms with Crippen LogP contribution in [0.15, 0.2) is 53.0 Å². The third-order valence-electron chi connectivity index (χ3n) is 2.23. The molecule has 0 amide bonds. The fraction of sp³-hybridized carbons (Fsp3) is 0.0769. The second kappa shape index (κ2) is 4.58. The van der Waals surface area contributed by atoms with Crippen molar-refractivity contribution in [1.29, 1.82) is 0 Å². The molecule has 0 aliphatic heterocycles. The van der Waals surface area contributed by atoms with Gasteiger partial charge in [0.2, 0.25) is 0 Å². The van der Waals surface area contributed by atoms with Gasteiger partial charge in [-0.2, -0.15) is 0 Å². The van der Waals surface area contributed by atoms with Crippen molar-refractivity contribution in [3.05, 3.63) is 69.9 Å². The van der Waals surface area contributed by atoms with Crippen LogP contribution < -0.4 is 0 Å². The Morgan fingerprint density at radius 1 is 0.800 bits per heavy atom. The third kappa shape index (κ3) is 2.90. The van der Waals surface area contributed by atoms with Crippen molar-refractivity contribution in [2.24, 2.45) is 0 Å². The van der Waals surface area contributed by atoms with E-state index < -0.39 is 0 Å². The highest BCUT2D eigenvalue weighted by atomic mass is 79.9. The van der Waals surface area contributed by atoms with Crippen molar-refractivity contribution in [3.8, 4) is 0 Å². The Bertz CT molecular complexity index is 388. The molecule has 2 aromatic rings. The Balaban J connectivity index is 2.15. The molecule has 2 heteroatoms. The molecule has 0 aliphatic carbocycles. The molecule has 0 bridgehead atoms. The van der Waals surface area contributed by atoms with Gasteiger partial charge in [-0.25, -0.2) is 4.39 Å². The van der Waals surface area contributed by atoms with Crippen molar-refractivity contribution in [2.45, 2.75) is 6.42 Å². The average molecular weight is 265 g/mol. The molecule has 0 heterocycles. The summed E-state index contributed by atoms with van der Waals surface area (Å²) < 4.78 is 13.7. The summed E-state index contributed by atoms with van der Waals surface area (Å²) in [4.78, 5) is 0. The van der Waals surface area contributed by atoms with Crippen LogP contribution in [0.4, 0.5) is 4.39 Å². The van der Waals surface area contributed by atoms with E-state index in [4.69, 9.17) is 0 Å². The molecule has 0 atom stereocenters. The average Bonchev–Trinajstić information content (AvgIpc) is 2.25. The van der Waals surface area contributed by atoms with E-state index >= 15 is 0 Å². The lowest BCUT2D eigenvalue weighted by atomic mass is 10.1. The van der Waals surface area contributed by atoms with Gasteiger partial charge >= 0.3 is 0 Å². The van der Waals surface area contributed by atoms with Gasteiger partial charge in [0, 0.05) is 4.47 Å². The van der Waals surface area contributed by atoms with Crippen LogP contribution in [0.5, 0.6) is 0 Å². The van der Waals surface area contributed by atoms with Crippen LogP contribution in [-0.4, -0.2) is 0 Å². The van der Waals surface area contributed by atoms with Crippen molar-refractivity contribution in [2.75, 3.05) is 0 Å². The minimum atomic E-state index is -0.186. The Morgan fingerprint density at radius 3 is 1.80 bits per heavy atom. The molecule has 2 rings (SSSR count).